The predicted molar refractivity (Wildman–Crippen MR) is 130 cm³/mol. The third-order valence-electron chi connectivity index (χ3n) is 5.47. The Hall–Kier alpha value is -3.76. The lowest BCUT2D eigenvalue weighted by atomic mass is 10.1. The minimum atomic E-state index is -3.80. The first-order valence-electron chi connectivity index (χ1n) is 10.9. The van der Waals surface area contributed by atoms with E-state index in [9.17, 15) is 18.3 Å². The van der Waals surface area contributed by atoms with Crippen LogP contribution in [0.3, 0.4) is 0 Å². The summed E-state index contributed by atoms with van der Waals surface area (Å²) < 4.78 is 43.9. The molecular weight excluding hydrogens is 472 g/mol. The highest BCUT2D eigenvalue weighted by atomic mass is 32.2. The van der Waals surface area contributed by atoms with E-state index in [1.54, 1.807) is 30.3 Å². The summed E-state index contributed by atoms with van der Waals surface area (Å²) in [6.45, 7) is 3.92. The van der Waals surface area contributed by atoms with Crippen molar-refractivity contribution in [3.05, 3.63) is 77.4 Å². The van der Waals surface area contributed by atoms with E-state index in [4.69, 9.17) is 14.2 Å². The van der Waals surface area contributed by atoms with Gasteiger partial charge in [0.05, 0.1) is 4.90 Å². The van der Waals surface area contributed by atoms with E-state index in [1.807, 2.05) is 19.9 Å². The molecule has 0 saturated heterocycles. The number of ether oxygens (including phenoxy) is 3. The second-order valence-corrected chi connectivity index (χ2v) is 9.80. The van der Waals surface area contributed by atoms with E-state index in [2.05, 4.69) is 10.0 Å². The van der Waals surface area contributed by atoms with Crippen LogP contribution in [0, 0.1) is 13.8 Å². The van der Waals surface area contributed by atoms with Crippen LogP contribution in [0.5, 0.6) is 17.2 Å². The second kappa shape index (κ2) is 10.2. The number of hydrogen-bond donors (Lipinski definition) is 3. The number of anilines is 1. The van der Waals surface area contributed by atoms with Gasteiger partial charge in [0.1, 0.15) is 18.5 Å². The molecule has 1 aliphatic rings. The Balaban J connectivity index is 1.28. The third-order valence-corrected chi connectivity index (χ3v) is 6.87. The number of aliphatic hydroxyl groups excluding tert-OH is 1. The number of aliphatic hydroxyl groups is 1. The van der Waals surface area contributed by atoms with Crippen LogP contribution in [0.1, 0.15) is 21.5 Å². The van der Waals surface area contributed by atoms with Crippen LogP contribution in [0.2, 0.25) is 0 Å². The Morgan fingerprint density at radius 2 is 1.74 bits per heavy atom. The monoisotopic (exact) mass is 498 g/mol. The number of aryl methyl sites for hydroxylation is 2. The largest absolute Gasteiger partial charge is 0.491 e. The van der Waals surface area contributed by atoms with Gasteiger partial charge in [-0.1, -0.05) is 6.07 Å². The van der Waals surface area contributed by atoms with Gasteiger partial charge in [0.25, 0.3) is 15.9 Å². The first-order valence-corrected chi connectivity index (χ1v) is 12.4. The van der Waals surface area contributed by atoms with Crippen molar-refractivity contribution < 1.29 is 32.5 Å². The summed E-state index contributed by atoms with van der Waals surface area (Å²) in [5.74, 6) is 1.26. The van der Waals surface area contributed by atoms with E-state index >= 15 is 0 Å². The minimum Gasteiger partial charge on any atom is -0.491 e. The van der Waals surface area contributed by atoms with Gasteiger partial charge in [0.15, 0.2) is 11.5 Å². The van der Waals surface area contributed by atoms with E-state index in [0.717, 1.165) is 11.1 Å². The summed E-state index contributed by atoms with van der Waals surface area (Å²) in [4.78, 5) is 12.4. The summed E-state index contributed by atoms with van der Waals surface area (Å²) in [6.07, 6.45) is -0.953. The van der Waals surface area contributed by atoms with Gasteiger partial charge < -0.3 is 24.6 Å². The molecule has 3 N–H and O–H groups in total. The molecule has 3 aromatic carbocycles. The van der Waals surface area contributed by atoms with Gasteiger partial charge in [-0.15, -0.1) is 0 Å². The molecule has 0 aromatic heterocycles. The first kappa shape index (κ1) is 24.4. The molecule has 1 heterocycles. The van der Waals surface area contributed by atoms with Gasteiger partial charge >= 0.3 is 0 Å². The number of carbonyl (C=O) groups is 1. The van der Waals surface area contributed by atoms with E-state index in [-0.39, 0.29) is 30.4 Å². The van der Waals surface area contributed by atoms with Gasteiger partial charge in [0.2, 0.25) is 6.79 Å². The van der Waals surface area contributed by atoms with Crippen molar-refractivity contribution in [2.24, 2.45) is 0 Å². The Morgan fingerprint density at radius 1 is 1.00 bits per heavy atom. The molecule has 1 amide bonds. The molecule has 1 atom stereocenters. The second-order valence-electron chi connectivity index (χ2n) is 8.12. The van der Waals surface area contributed by atoms with Crippen LogP contribution in [0.4, 0.5) is 5.69 Å². The van der Waals surface area contributed by atoms with Gasteiger partial charge in [0, 0.05) is 23.9 Å². The number of sulfonamides is 1. The Bertz CT molecular complexity index is 1320. The molecular formula is C25H26N2O7S. The van der Waals surface area contributed by atoms with E-state index < -0.39 is 22.0 Å². The molecule has 0 radical (unpaired) electrons. The fraction of sp³-hybridized carbons (Fsp3) is 0.240. The molecule has 3 aromatic rings. The van der Waals surface area contributed by atoms with Crippen molar-refractivity contribution in [2.75, 3.05) is 24.7 Å². The Labute approximate surface area is 203 Å². The fourth-order valence-corrected chi connectivity index (χ4v) is 4.38. The van der Waals surface area contributed by atoms with Gasteiger partial charge in [-0.3, -0.25) is 9.52 Å². The number of fused-ring (bicyclic) bond motifs is 1. The number of rotatable bonds is 9. The lowest BCUT2D eigenvalue weighted by Crippen LogP contribution is -2.35. The molecule has 0 aliphatic carbocycles. The third kappa shape index (κ3) is 6.03. The Morgan fingerprint density at radius 3 is 2.49 bits per heavy atom. The van der Waals surface area contributed by atoms with Crippen molar-refractivity contribution in [1.29, 1.82) is 0 Å². The standard InChI is InChI=1S/C25H26N2O7S/c1-16-3-6-19(11-17(16)2)27-35(30,31)22-8-4-18(5-9-22)25(29)26-13-20(28)14-32-21-7-10-23-24(12-21)34-15-33-23/h3-12,20,27-28H,13-15H2,1-2H3,(H,26,29). The molecule has 4 rings (SSSR count). The molecule has 10 heteroatoms. The highest BCUT2D eigenvalue weighted by Crippen LogP contribution is 2.35. The topological polar surface area (TPSA) is 123 Å². The van der Waals surface area contributed by atoms with Gasteiger partial charge in [-0.05, 0) is 73.5 Å². The smallest absolute Gasteiger partial charge is 0.261 e. The van der Waals surface area contributed by atoms with Crippen LogP contribution in [0.15, 0.2) is 65.6 Å². The van der Waals surface area contributed by atoms with Crippen molar-refractivity contribution in [1.82, 2.24) is 5.32 Å². The van der Waals surface area contributed by atoms with E-state index in [0.29, 0.717) is 22.9 Å². The molecule has 0 bridgehead atoms. The molecule has 0 spiro atoms. The van der Waals surface area contributed by atoms with Crippen molar-refractivity contribution in [3.8, 4) is 17.2 Å². The maximum atomic E-state index is 12.7. The average Bonchev–Trinajstić information content (AvgIpc) is 3.31. The molecule has 1 unspecified atom stereocenters. The maximum absolute atomic E-state index is 12.7. The first-order chi connectivity index (χ1) is 16.7. The lowest BCUT2D eigenvalue weighted by molar-refractivity contribution is 0.0843. The number of benzene rings is 3. The summed E-state index contributed by atoms with van der Waals surface area (Å²) in [5.41, 5.74) is 2.76. The average molecular weight is 499 g/mol. The summed E-state index contributed by atoms with van der Waals surface area (Å²) >= 11 is 0. The maximum Gasteiger partial charge on any atom is 0.261 e. The molecule has 0 fully saturated rings. The minimum absolute atomic E-state index is 0.0319. The van der Waals surface area contributed by atoms with Crippen LogP contribution < -0.4 is 24.2 Å². The van der Waals surface area contributed by atoms with Crippen LogP contribution >= 0.6 is 0 Å². The quantitative estimate of drug-likeness (QED) is 0.414. The molecule has 0 saturated carbocycles. The molecule has 35 heavy (non-hydrogen) atoms. The number of hydrogen-bond acceptors (Lipinski definition) is 7. The van der Waals surface area contributed by atoms with Crippen LogP contribution in [0.25, 0.3) is 0 Å². The summed E-state index contributed by atoms with van der Waals surface area (Å²) in [7, 11) is -3.80. The van der Waals surface area contributed by atoms with Gasteiger partial charge in [-0.25, -0.2) is 8.42 Å². The zero-order chi connectivity index (χ0) is 25.0. The van der Waals surface area contributed by atoms with Crippen molar-refractivity contribution in [2.45, 2.75) is 24.8 Å². The SMILES string of the molecule is Cc1ccc(NS(=O)(=O)c2ccc(C(=O)NCC(O)COc3ccc4c(c3)OCO4)cc2)cc1C. The number of carbonyl (C=O) groups excluding carboxylic acids is 1. The number of amides is 1. The van der Waals surface area contributed by atoms with Crippen LogP contribution in [-0.2, 0) is 10.0 Å². The summed E-state index contributed by atoms with van der Waals surface area (Å²) in [5, 5.41) is 12.8. The van der Waals surface area contributed by atoms with Gasteiger partial charge in [-0.2, -0.15) is 0 Å². The fourth-order valence-electron chi connectivity index (χ4n) is 3.34. The molecule has 184 valence electrons. The Kier molecular flexibility index (Phi) is 7.13. The predicted octanol–water partition coefficient (Wildman–Crippen LogP) is 3.00. The molecule has 9 nitrogen and oxygen atoms in total. The van der Waals surface area contributed by atoms with Crippen LogP contribution in [-0.4, -0.2) is 45.5 Å². The zero-order valence-electron chi connectivity index (χ0n) is 19.3. The van der Waals surface area contributed by atoms with Crippen molar-refractivity contribution >= 4 is 21.6 Å². The lowest BCUT2D eigenvalue weighted by Gasteiger charge is -2.14. The highest BCUT2D eigenvalue weighted by molar-refractivity contribution is 7.92. The summed E-state index contributed by atoms with van der Waals surface area (Å²) in [6, 6.07) is 15.9. The number of nitrogens with one attached hydrogen (secondary N) is 2. The zero-order valence-corrected chi connectivity index (χ0v) is 20.1. The normalized spacial score (nSPS) is 13.2. The van der Waals surface area contributed by atoms with E-state index in [1.165, 1.54) is 24.3 Å². The molecule has 1 aliphatic heterocycles. The highest BCUT2D eigenvalue weighted by Gasteiger charge is 2.17. The van der Waals surface area contributed by atoms with Crippen molar-refractivity contribution in [3.63, 3.8) is 0 Å².